The number of ether oxygens (including phenoxy) is 1. The topological polar surface area (TPSA) is 69.4 Å². The Balaban J connectivity index is 2.41. The molecule has 1 unspecified atom stereocenters. The van der Waals surface area contributed by atoms with E-state index in [2.05, 4.69) is 0 Å². The molecule has 0 aromatic heterocycles. The summed E-state index contributed by atoms with van der Waals surface area (Å²) in [6.45, 7) is 6.42. The lowest BCUT2D eigenvalue weighted by atomic mass is 10.1. The van der Waals surface area contributed by atoms with E-state index >= 15 is 0 Å². The molecule has 0 spiro atoms. The molecular weight excluding hydrogens is 298 g/mol. The standard InChI is InChI=1S/C14H22ClNO3S/c1-10(5-7-20(16,17)18)4-6-19-13-8-11(2)14(15)12(3)9-13/h8-10H,4-7H2,1-3H3,(H2,16,17,18). The maximum atomic E-state index is 10.9. The fraction of sp³-hybridized carbons (Fsp3) is 0.571. The van der Waals surface area contributed by atoms with Gasteiger partial charge in [0.1, 0.15) is 5.75 Å². The van der Waals surface area contributed by atoms with Crippen LogP contribution in [0.2, 0.25) is 5.02 Å². The van der Waals surface area contributed by atoms with Crippen LogP contribution in [0.5, 0.6) is 5.75 Å². The third-order valence-corrected chi connectivity index (χ3v) is 4.59. The van der Waals surface area contributed by atoms with Gasteiger partial charge in [-0.1, -0.05) is 18.5 Å². The van der Waals surface area contributed by atoms with Gasteiger partial charge in [-0.25, -0.2) is 13.6 Å². The summed E-state index contributed by atoms with van der Waals surface area (Å²) >= 11 is 6.09. The number of primary sulfonamides is 1. The van der Waals surface area contributed by atoms with Crippen molar-refractivity contribution >= 4 is 21.6 Å². The van der Waals surface area contributed by atoms with Gasteiger partial charge in [-0.05, 0) is 55.9 Å². The van der Waals surface area contributed by atoms with Gasteiger partial charge in [0, 0.05) is 5.02 Å². The Morgan fingerprint density at radius 3 is 2.30 bits per heavy atom. The summed E-state index contributed by atoms with van der Waals surface area (Å²) in [4.78, 5) is 0. The van der Waals surface area contributed by atoms with E-state index in [-0.39, 0.29) is 11.7 Å². The molecule has 1 aromatic rings. The average Bonchev–Trinajstić information content (AvgIpc) is 2.32. The molecular formula is C14H22ClNO3S. The molecule has 0 saturated carbocycles. The summed E-state index contributed by atoms with van der Waals surface area (Å²) in [5, 5.41) is 5.74. The van der Waals surface area contributed by atoms with Crippen molar-refractivity contribution in [2.45, 2.75) is 33.6 Å². The molecule has 0 saturated heterocycles. The van der Waals surface area contributed by atoms with E-state index in [4.69, 9.17) is 21.5 Å². The van der Waals surface area contributed by atoms with E-state index < -0.39 is 10.0 Å². The highest BCUT2D eigenvalue weighted by Crippen LogP contribution is 2.26. The lowest BCUT2D eigenvalue weighted by Crippen LogP contribution is -2.18. The van der Waals surface area contributed by atoms with E-state index in [1.807, 2.05) is 32.9 Å². The molecule has 4 nitrogen and oxygen atoms in total. The van der Waals surface area contributed by atoms with Crippen LogP contribution in [0.3, 0.4) is 0 Å². The van der Waals surface area contributed by atoms with Crippen molar-refractivity contribution in [3.63, 3.8) is 0 Å². The lowest BCUT2D eigenvalue weighted by molar-refractivity contribution is 0.281. The Morgan fingerprint density at radius 2 is 1.80 bits per heavy atom. The molecule has 20 heavy (non-hydrogen) atoms. The Hall–Kier alpha value is -0.780. The van der Waals surface area contributed by atoms with E-state index in [0.29, 0.717) is 13.0 Å². The van der Waals surface area contributed by atoms with Gasteiger partial charge >= 0.3 is 0 Å². The SMILES string of the molecule is Cc1cc(OCCC(C)CCS(N)(=O)=O)cc(C)c1Cl. The van der Waals surface area contributed by atoms with Crippen LogP contribution in [0.4, 0.5) is 0 Å². The zero-order valence-corrected chi connectivity index (χ0v) is 13.7. The highest BCUT2D eigenvalue weighted by Gasteiger charge is 2.09. The third-order valence-electron chi connectivity index (χ3n) is 3.18. The van der Waals surface area contributed by atoms with E-state index in [1.54, 1.807) is 0 Å². The summed E-state index contributed by atoms with van der Waals surface area (Å²) < 4.78 is 27.4. The number of hydrogen-bond donors (Lipinski definition) is 1. The largest absolute Gasteiger partial charge is 0.494 e. The molecule has 114 valence electrons. The number of hydrogen-bond acceptors (Lipinski definition) is 3. The first-order chi connectivity index (χ1) is 9.19. The molecule has 0 aliphatic heterocycles. The van der Waals surface area contributed by atoms with Gasteiger partial charge in [-0.2, -0.15) is 0 Å². The summed E-state index contributed by atoms with van der Waals surface area (Å²) in [7, 11) is -3.37. The van der Waals surface area contributed by atoms with Crippen LogP contribution in [0.25, 0.3) is 0 Å². The number of rotatable bonds is 7. The molecule has 1 atom stereocenters. The maximum Gasteiger partial charge on any atom is 0.209 e. The van der Waals surface area contributed by atoms with E-state index in [9.17, 15) is 8.42 Å². The molecule has 0 fully saturated rings. The van der Waals surface area contributed by atoms with Gasteiger partial charge in [0.25, 0.3) is 0 Å². The van der Waals surface area contributed by atoms with E-state index in [0.717, 1.165) is 28.3 Å². The second-order valence-corrected chi connectivity index (χ2v) is 7.38. The zero-order valence-electron chi connectivity index (χ0n) is 12.1. The molecule has 0 bridgehead atoms. The number of sulfonamides is 1. The first-order valence-electron chi connectivity index (χ1n) is 6.59. The molecule has 1 aromatic carbocycles. The molecule has 1 rings (SSSR count). The first-order valence-corrected chi connectivity index (χ1v) is 8.68. The normalized spacial score (nSPS) is 13.2. The van der Waals surface area contributed by atoms with Gasteiger partial charge < -0.3 is 4.74 Å². The molecule has 6 heteroatoms. The van der Waals surface area contributed by atoms with Crippen LogP contribution in [0.15, 0.2) is 12.1 Å². The van der Waals surface area contributed by atoms with Crippen LogP contribution >= 0.6 is 11.6 Å². The van der Waals surface area contributed by atoms with Crippen molar-refractivity contribution in [3.8, 4) is 5.75 Å². The van der Waals surface area contributed by atoms with Crippen molar-refractivity contribution in [1.82, 2.24) is 0 Å². The van der Waals surface area contributed by atoms with Crippen molar-refractivity contribution in [3.05, 3.63) is 28.3 Å². The molecule has 0 amide bonds. The van der Waals surface area contributed by atoms with Crippen molar-refractivity contribution in [2.24, 2.45) is 11.1 Å². The van der Waals surface area contributed by atoms with Crippen molar-refractivity contribution in [2.75, 3.05) is 12.4 Å². The van der Waals surface area contributed by atoms with Crippen LogP contribution in [-0.4, -0.2) is 20.8 Å². The average molecular weight is 320 g/mol. The Bertz CT molecular complexity index is 535. The minimum atomic E-state index is -3.37. The minimum Gasteiger partial charge on any atom is -0.494 e. The number of benzene rings is 1. The van der Waals surface area contributed by atoms with Crippen molar-refractivity contribution in [1.29, 1.82) is 0 Å². The summed E-state index contributed by atoms with van der Waals surface area (Å²) in [5.74, 6) is 1.07. The highest BCUT2D eigenvalue weighted by atomic mass is 35.5. The maximum absolute atomic E-state index is 10.9. The second-order valence-electron chi connectivity index (χ2n) is 5.27. The van der Waals surface area contributed by atoms with E-state index in [1.165, 1.54) is 0 Å². The number of nitrogens with two attached hydrogens (primary N) is 1. The van der Waals surface area contributed by atoms with Gasteiger partial charge in [0.2, 0.25) is 10.0 Å². The lowest BCUT2D eigenvalue weighted by Gasteiger charge is -2.13. The van der Waals surface area contributed by atoms with Gasteiger partial charge in [0.05, 0.1) is 12.4 Å². The molecule has 0 aliphatic carbocycles. The minimum absolute atomic E-state index is 0.0212. The Morgan fingerprint density at radius 1 is 1.25 bits per heavy atom. The van der Waals surface area contributed by atoms with Gasteiger partial charge in [0.15, 0.2) is 0 Å². The van der Waals surface area contributed by atoms with Crippen LogP contribution in [0.1, 0.15) is 30.9 Å². The van der Waals surface area contributed by atoms with Gasteiger partial charge in [-0.3, -0.25) is 0 Å². The summed E-state index contributed by atoms with van der Waals surface area (Å²) in [6, 6.07) is 3.81. The predicted octanol–water partition coefficient (Wildman–Crippen LogP) is 3.04. The highest BCUT2D eigenvalue weighted by molar-refractivity contribution is 7.89. The number of halogens is 1. The molecule has 0 heterocycles. The van der Waals surface area contributed by atoms with Crippen LogP contribution < -0.4 is 9.88 Å². The second kappa shape index (κ2) is 7.29. The fourth-order valence-electron chi connectivity index (χ4n) is 1.88. The predicted molar refractivity (Wildman–Crippen MR) is 82.8 cm³/mol. The molecule has 2 N–H and O–H groups in total. The summed E-state index contributed by atoms with van der Waals surface area (Å²) in [5.41, 5.74) is 1.98. The Kier molecular flexibility index (Phi) is 6.30. The third kappa shape index (κ3) is 6.11. The molecule has 0 aliphatic rings. The van der Waals surface area contributed by atoms with Crippen LogP contribution in [0, 0.1) is 19.8 Å². The fourth-order valence-corrected chi connectivity index (χ4v) is 2.72. The smallest absolute Gasteiger partial charge is 0.209 e. The Labute approximate surface area is 126 Å². The quantitative estimate of drug-likeness (QED) is 0.839. The van der Waals surface area contributed by atoms with Crippen molar-refractivity contribution < 1.29 is 13.2 Å². The first kappa shape index (κ1) is 17.3. The molecule has 0 radical (unpaired) electrons. The summed E-state index contributed by atoms with van der Waals surface area (Å²) in [6.07, 6.45) is 1.34. The zero-order chi connectivity index (χ0) is 15.3. The monoisotopic (exact) mass is 319 g/mol. The van der Waals surface area contributed by atoms with Crippen LogP contribution in [-0.2, 0) is 10.0 Å². The number of aryl methyl sites for hydroxylation is 2. The van der Waals surface area contributed by atoms with Gasteiger partial charge in [-0.15, -0.1) is 0 Å².